The third kappa shape index (κ3) is 5.68. The minimum atomic E-state index is -4.66. The molecule has 7 nitrogen and oxygen atoms in total. The summed E-state index contributed by atoms with van der Waals surface area (Å²) in [5.41, 5.74) is 0.134. The summed E-state index contributed by atoms with van der Waals surface area (Å²) in [5, 5.41) is 6.16. The number of halogens is 4. The fourth-order valence-electron chi connectivity index (χ4n) is 3.44. The van der Waals surface area contributed by atoms with Crippen LogP contribution in [0.1, 0.15) is 39.5 Å². The Bertz CT molecular complexity index is 1160. The number of hydrogen-bond donors (Lipinski definition) is 2. The number of piperidine rings is 1. The number of aryl methyl sites for hydroxylation is 1. The Morgan fingerprint density at radius 3 is 2.50 bits per heavy atom. The molecule has 1 saturated heterocycles. The number of thiazole rings is 1. The standard InChI is InChI=1S/C22H21F4N5O2S/c1-12-8-29-20(34-12)17-7-15(33-14-2-4-27-5-3-14)6-16(18(17)23)19(32)28-9-13-10-30-21(31-11-13)22(24,25)26/h6-8,10-11,14,27H,2-5,9H2,1H3,(H,28,32). The highest BCUT2D eigenvalue weighted by Gasteiger charge is 2.34. The van der Waals surface area contributed by atoms with Crippen LogP contribution in [0.25, 0.3) is 10.6 Å². The molecule has 34 heavy (non-hydrogen) atoms. The fraction of sp³-hybridized carbons (Fsp3) is 0.364. The lowest BCUT2D eigenvalue weighted by Crippen LogP contribution is -2.34. The maximum Gasteiger partial charge on any atom is 0.451 e. The fourth-order valence-corrected chi connectivity index (χ4v) is 4.22. The first kappa shape index (κ1) is 24.0. The summed E-state index contributed by atoms with van der Waals surface area (Å²) in [6.07, 6.45) is 0.364. The smallest absolute Gasteiger partial charge is 0.451 e. The van der Waals surface area contributed by atoms with E-state index in [0.29, 0.717) is 10.8 Å². The molecule has 3 heterocycles. The molecule has 0 radical (unpaired) electrons. The predicted molar refractivity (Wildman–Crippen MR) is 117 cm³/mol. The zero-order valence-corrected chi connectivity index (χ0v) is 18.9. The van der Waals surface area contributed by atoms with Crippen LogP contribution >= 0.6 is 11.3 Å². The van der Waals surface area contributed by atoms with Crippen LogP contribution in [0.4, 0.5) is 17.6 Å². The van der Waals surface area contributed by atoms with Gasteiger partial charge in [-0.3, -0.25) is 4.79 Å². The number of benzene rings is 1. The summed E-state index contributed by atoms with van der Waals surface area (Å²) in [4.78, 5) is 24.5. The van der Waals surface area contributed by atoms with Gasteiger partial charge in [0.1, 0.15) is 22.7 Å². The molecule has 0 aliphatic carbocycles. The van der Waals surface area contributed by atoms with Gasteiger partial charge in [-0.2, -0.15) is 13.2 Å². The van der Waals surface area contributed by atoms with Crippen molar-refractivity contribution in [2.75, 3.05) is 13.1 Å². The van der Waals surface area contributed by atoms with E-state index in [4.69, 9.17) is 4.74 Å². The van der Waals surface area contributed by atoms with Gasteiger partial charge in [0.05, 0.1) is 11.1 Å². The van der Waals surface area contributed by atoms with E-state index in [0.717, 1.165) is 43.2 Å². The number of nitrogens with one attached hydrogen (secondary N) is 2. The molecule has 1 aromatic carbocycles. The first-order chi connectivity index (χ1) is 16.2. The van der Waals surface area contributed by atoms with E-state index in [-0.39, 0.29) is 29.3 Å². The van der Waals surface area contributed by atoms with Crippen LogP contribution in [-0.4, -0.2) is 40.1 Å². The van der Waals surface area contributed by atoms with Crippen molar-refractivity contribution in [1.82, 2.24) is 25.6 Å². The first-order valence-electron chi connectivity index (χ1n) is 10.5. The molecule has 3 aromatic rings. The van der Waals surface area contributed by atoms with E-state index in [1.807, 2.05) is 6.92 Å². The predicted octanol–water partition coefficient (Wildman–Crippen LogP) is 4.13. The third-order valence-electron chi connectivity index (χ3n) is 5.14. The van der Waals surface area contributed by atoms with Crippen molar-refractivity contribution in [2.24, 2.45) is 0 Å². The Kier molecular flexibility index (Phi) is 7.08. The average molecular weight is 496 g/mol. The molecule has 1 amide bonds. The van der Waals surface area contributed by atoms with Gasteiger partial charge in [-0.15, -0.1) is 11.3 Å². The lowest BCUT2D eigenvalue weighted by atomic mass is 10.1. The van der Waals surface area contributed by atoms with Crippen molar-refractivity contribution in [1.29, 1.82) is 0 Å². The minimum absolute atomic E-state index is 0.0715. The number of hydrogen-bond acceptors (Lipinski definition) is 7. The highest BCUT2D eigenvalue weighted by atomic mass is 32.1. The Labute approximate surface area is 196 Å². The third-order valence-corrected chi connectivity index (χ3v) is 6.09. The topological polar surface area (TPSA) is 89.0 Å². The summed E-state index contributed by atoms with van der Waals surface area (Å²) in [6.45, 7) is 3.26. The number of carbonyl (C=O) groups is 1. The van der Waals surface area contributed by atoms with Crippen LogP contribution < -0.4 is 15.4 Å². The normalized spacial score (nSPS) is 14.7. The Morgan fingerprint density at radius 2 is 1.88 bits per heavy atom. The molecule has 4 rings (SSSR count). The molecule has 1 fully saturated rings. The highest BCUT2D eigenvalue weighted by Crippen LogP contribution is 2.33. The van der Waals surface area contributed by atoms with Gasteiger partial charge in [0.2, 0.25) is 5.82 Å². The number of carbonyl (C=O) groups excluding carboxylic acids is 1. The largest absolute Gasteiger partial charge is 0.490 e. The number of alkyl halides is 3. The number of rotatable bonds is 6. The minimum Gasteiger partial charge on any atom is -0.490 e. The second-order valence-corrected chi connectivity index (χ2v) is 9.01. The van der Waals surface area contributed by atoms with Crippen LogP contribution in [0.3, 0.4) is 0 Å². The Hall–Kier alpha value is -3.12. The molecule has 0 atom stereocenters. The van der Waals surface area contributed by atoms with Crippen LogP contribution in [0.2, 0.25) is 0 Å². The molecule has 2 N–H and O–H groups in total. The Morgan fingerprint density at radius 1 is 1.18 bits per heavy atom. The maximum atomic E-state index is 15.4. The number of nitrogens with zero attached hydrogens (tertiary/aromatic N) is 3. The van der Waals surface area contributed by atoms with Gasteiger partial charge in [-0.1, -0.05) is 0 Å². The van der Waals surface area contributed by atoms with E-state index in [2.05, 4.69) is 25.6 Å². The first-order valence-corrected chi connectivity index (χ1v) is 11.3. The quantitative estimate of drug-likeness (QED) is 0.500. The number of aromatic nitrogens is 3. The van der Waals surface area contributed by atoms with Crippen molar-refractivity contribution in [3.63, 3.8) is 0 Å². The summed E-state index contributed by atoms with van der Waals surface area (Å²) < 4.78 is 59.3. The van der Waals surface area contributed by atoms with Gasteiger partial charge >= 0.3 is 6.18 Å². The zero-order valence-electron chi connectivity index (χ0n) is 18.1. The molecule has 2 aromatic heterocycles. The van der Waals surface area contributed by atoms with E-state index in [1.54, 1.807) is 6.20 Å². The molecule has 12 heteroatoms. The zero-order chi connectivity index (χ0) is 24.3. The molecule has 1 aliphatic heterocycles. The van der Waals surface area contributed by atoms with Crippen LogP contribution in [0.15, 0.2) is 30.7 Å². The van der Waals surface area contributed by atoms with Crippen LogP contribution in [-0.2, 0) is 12.7 Å². The Balaban J connectivity index is 1.57. The molecule has 0 unspecified atom stereocenters. The molecular weight excluding hydrogens is 474 g/mol. The molecule has 180 valence electrons. The summed E-state index contributed by atoms with van der Waals surface area (Å²) in [7, 11) is 0. The van der Waals surface area contributed by atoms with Crippen molar-refractivity contribution in [2.45, 2.75) is 38.6 Å². The molecule has 1 aliphatic rings. The lowest BCUT2D eigenvalue weighted by Gasteiger charge is -2.24. The van der Waals surface area contributed by atoms with Gasteiger partial charge in [-0.25, -0.2) is 19.3 Å². The van der Waals surface area contributed by atoms with Gasteiger partial charge in [0.25, 0.3) is 5.91 Å². The van der Waals surface area contributed by atoms with Crippen molar-refractivity contribution in [3.05, 3.63) is 58.4 Å². The summed E-state index contributed by atoms with van der Waals surface area (Å²) in [6, 6.07) is 2.87. The van der Waals surface area contributed by atoms with E-state index < -0.39 is 23.7 Å². The van der Waals surface area contributed by atoms with Gasteiger partial charge < -0.3 is 15.4 Å². The van der Waals surface area contributed by atoms with Crippen molar-refractivity contribution in [3.8, 4) is 16.3 Å². The molecule has 0 saturated carbocycles. The summed E-state index contributed by atoms with van der Waals surface area (Å²) >= 11 is 1.29. The number of ether oxygens (including phenoxy) is 1. The SMILES string of the molecule is Cc1cnc(-c2cc(OC3CCNCC3)cc(C(=O)NCc3cnc(C(F)(F)F)nc3)c2F)s1. The van der Waals surface area contributed by atoms with Crippen molar-refractivity contribution >= 4 is 17.2 Å². The average Bonchev–Trinajstić information content (AvgIpc) is 3.25. The molecular formula is C22H21F4N5O2S. The monoisotopic (exact) mass is 495 g/mol. The summed E-state index contributed by atoms with van der Waals surface area (Å²) in [5.74, 6) is -2.44. The lowest BCUT2D eigenvalue weighted by molar-refractivity contribution is -0.145. The highest BCUT2D eigenvalue weighted by molar-refractivity contribution is 7.14. The van der Waals surface area contributed by atoms with Crippen LogP contribution in [0.5, 0.6) is 5.75 Å². The van der Waals surface area contributed by atoms with Crippen molar-refractivity contribution < 1.29 is 27.1 Å². The van der Waals surface area contributed by atoms with E-state index in [9.17, 15) is 18.0 Å². The maximum absolute atomic E-state index is 15.4. The molecule has 0 spiro atoms. The van der Waals surface area contributed by atoms with E-state index >= 15 is 4.39 Å². The second-order valence-electron chi connectivity index (χ2n) is 7.77. The van der Waals surface area contributed by atoms with Crippen LogP contribution in [0, 0.1) is 12.7 Å². The number of amides is 1. The van der Waals surface area contributed by atoms with Gasteiger partial charge in [0.15, 0.2) is 0 Å². The van der Waals surface area contributed by atoms with E-state index in [1.165, 1.54) is 23.5 Å². The molecule has 0 bridgehead atoms. The van der Waals surface area contributed by atoms with Gasteiger partial charge in [0, 0.05) is 35.6 Å². The second kappa shape index (κ2) is 10.0. The van der Waals surface area contributed by atoms with Gasteiger partial charge in [-0.05, 0) is 45.0 Å².